The maximum atomic E-state index is 6.13. The molecule has 0 saturated heterocycles. The third-order valence-corrected chi connectivity index (χ3v) is 4.16. The number of alkyl halides is 1. The van der Waals surface area contributed by atoms with Gasteiger partial charge in [-0.25, -0.2) is 0 Å². The smallest absolute Gasteiger partial charge is 0.0438 e. The lowest BCUT2D eigenvalue weighted by Crippen LogP contribution is -2.33. The predicted octanol–water partition coefficient (Wildman–Crippen LogP) is 4.29. The van der Waals surface area contributed by atoms with E-state index in [1.54, 1.807) is 0 Å². The topological polar surface area (TPSA) is 0 Å². The quantitative estimate of drug-likeness (QED) is 0.678. The van der Waals surface area contributed by atoms with E-state index >= 15 is 0 Å². The lowest BCUT2D eigenvalue weighted by Gasteiger charge is -2.40. The highest BCUT2D eigenvalue weighted by atomic mass is 35.5. The molecule has 0 aromatic heterocycles. The van der Waals surface area contributed by atoms with E-state index in [4.69, 9.17) is 23.2 Å². The van der Waals surface area contributed by atoms with Crippen LogP contribution in [-0.2, 0) is 6.42 Å². The Balaban J connectivity index is 2.13. The van der Waals surface area contributed by atoms with Crippen molar-refractivity contribution in [1.29, 1.82) is 0 Å². The van der Waals surface area contributed by atoms with Crippen molar-refractivity contribution in [3.8, 4) is 0 Å². The molecule has 0 radical (unpaired) electrons. The van der Waals surface area contributed by atoms with Crippen LogP contribution in [0.4, 0.5) is 0 Å². The van der Waals surface area contributed by atoms with Crippen LogP contribution in [0.2, 0.25) is 5.02 Å². The number of rotatable bonds is 3. The Labute approximate surface area is 95.2 Å². The first-order chi connectivity index (χ1) is 6.76. The second kappa shape index (κ2) is 4.12. The zero-order valence-corrected chi connectivity index (χ0v) is 9.61. The molecule has 1 aromatic rings. The summed E-state index contributed by atoms with van der Waals surface area (Å²) in [4.78, 5) is 0. The van der Waals surface area contributed by atoms with E-state index in [9.17, 15) is 0 Å². The average molecular weight is 229 g/mol. The van der Waals surface area contributed by atoms with Gasteiger partial charge in [-0.3, -0.25) is 0 Å². The van der Waals surface area contributed by atoms with Gasteiger partial charge in [0.05, 0.1) is 0 Å². The van der Waals surface area contributed by atoms with Gasteiger partial charge in [-0.05, 0) is 36.3 Å². The van der Waals surface area contributed by atoms with Gasteiger partial charge in [0.15, 0.2) is 0 Å². The van der Waals surface area contributed by atoms with Gasteiger partial charge in [0.1, 0.15) is 0 Å². The van der Waals surface area contributed by atoms with Crippen LogP contribution in [0.15, 0.2) is 24.3 Å². The highest BCUT2D eigenvalue weighted by molar-refractivity contribution is 6.31. The summed E-state index contributed by atoms with van der Waals surface area (Å²) in [5, 5.41) is 0.879. The second-order valence-electron chi connectivity index (χ2n) is 4.26. The van der Waals surface area contributed by atoms with Gasteiger partial charge in [0.2, 0.25) is 0 Å². The number of benzene rings is 1. The highest BCUT2D eigenvalue weighted by Crippen LogP contribution is 2.45. The molecule has 0 bridgehead atoms. The van der Waals surface area contributed by atoms with Gasteiger partial charge in [0, 0.05) is 10.9 Å². The number of hydrogen-bond acceptors (Lipinski definition) is 0. The molecule has 0 heterocycles. The Bertz CT molecular complexity index is 310. The molecule has 0 unspecified atom stereocenters. The van der Waals surface area contributed by atoms with E-state index in [-0.39, 0.29) is 0 Å². The summed E-state index contributed by atoms with van der Waals surface area (Å²) in [5.74, 6) is 0.762. The predicted molar refractivity (Wildman–Crippen MR) is 62.2 cm³/mol. The van der Waals surface area contributed by atoms with Crippen molar-refractivity contribution >= 4 is 23.2 Å². The van der Waals surface area contributed by atoms with E-state index in [1.807, 2.05) is 18.2 Å². The van der Waals surface area contributed by atoms with Crippen molar-refractivity contribution in [1.82, 2.24) is 0 Å². The van der Waals surface area contributed by atoms with Crippen LogP contribution in [0.5, 0.6) is 0 Å². The third kappa shape index (κ3) is 1.92. The Morgan fingerprint density at radius 3 is 2.43 bits per heavy atom. The molecule has 1 fully saturated rings. The van der Waals surface area contributed by atoms with Crippen LogP contribution in [0.25, 0.3) is 0 Å². The third-order valence-electron chi connectivity index (χ3n) is 3.22. The second-order valence-corrected chi connectivity index (χ2v) is 4.93. The summed E-state index contributed by atoms with van der Waals surface area (Å²) in [6, 6.07) is 8.08. The lowest BCUT2D eigenvalue weighted by atomic mass is 9.67. The van der Waals surface area contributed by atoms with E-state index in [1.165, 1.54) is 24.8 Å². The summed E-state index contributed by atoms with van der Waals surface area (Å²) in [5.41, 5.74) is 1.58. The van der Waals surface area contributed by atoms with Crippen LogP contribution < -0.4 is 0 Å². The molecule has 2 rings (SSSR count). The first-order valence-corrected chi connectivity index (χ1v) is 5.96. The van der Waals surface area contributed by atoms with Gasteiger partial charge in [-0.15, -0.1) is 11.6 Å². The minimum absolute atomic E-state index is 0.340. The Hall–Kier alpha value is -0.200. The molecular formula is C12H14Cl2. The van der Waals surface area contributed by atoms with Gasteiger partial charge >= 0.3 is 0 Å². The van der Waals surface area contributed by atoms with Crippen molar-refractivity contribution in [3.05, 3.63) is 34.9 Å². The molecule has 1 aliphatic carbocycles. The van der Waals surface area contributed by atoms with Crippen molar-refractivity contribution in [2.75, 3.05) is 5.88 Å². The molecular weight excluding hydrogens is 215 g/mol. The van der Waals surface area contributed by atoms with E-state index in [2.05, 4.69) is 6.07 Å². The molecule has 14 heavy (non-hydrogen) atoms. The minimum atomic E-state index is 0.340. The zero-order valence-electron chi connectivity index (χ0n) is 8.10. The molecule has 1 aromatic carbocycles. The summed E-state index contributed by atoms with van der Waals surface area (Å²) >= 11 is 12.1. The molecule has 76 valence electrons. The largest absolute Gasteiger partial charge is 0.126 e. The Kier molecular flexibility index (Phi) is 3.04. The number of hydrogen-bond donors (Lipinski definition) is 0. The Morgan fingerprint density at radius 1 is 1.21 bits per heavy atom. The van der Waals surface area contributed by atoms with E-state index in [0.29, 0.717) is 5.41 Å². The Morgan fingerprint density at radius 2 is 1.93 bits per heavy atom. The van der Waals surface area contributed by atoms with E-state index < -0.39 is 0 Å². The normalized spacial score (nSPS) is 19.0. The average Bonchev–Trinajstić information content (AvgIpc) is 2.14. The molecule has 0 nitrogen and oxygen atoms in total. The standard InChI is InChI=1S/C12H14Cl2/c13-9-12(6-3-7-12)8-10-4-1-2-5-11(10)14/h1-2,4-5H,3,6-9H2. The maximum Gasteiger partial charge on any atom is 0.0438 e. The van der Waals surface area contributed by atoms with Crippen LogP contribution >= 0.6 is 23.2 Å². The SMILES string of the molecule is ClCC1(Cc2ccccc2Cl)CCC1. The van der Waals surface area contributed by atoms with Crippen LogP contribution in [0, 0.1) is 5.41 Å². The van der Waals surface area contributed by atoms with E-state index in [0.717, 1.165) is 17.3 Å². The molecule has 0 aliphatic heterocycles. The summed E-state index contributed by atoms with van der Waals surface area (Å²) in [6.07, 6.45) is 4.86. The van der Waals surface area contributed by atoms with Crippen molar-refractivity contribution in [3.63, 3.8) is 0 Å². The zero-order chi connectivity index (χ0) is 10.0. The highest BCUT2D eigenvalue weighted by Gasteiger charge is 2.36. The van der Waals surface area contributed by atoms with Crippen molar-refractivity contribution in [2.45, 2.75) is 25.7 Å². The lowest BCUT2D eigenvalue weighted by molar-refractivity contribution is 0.166. The monoisotopic (exact) mass is 228 g/mol. The van der Waals surface area contributed by atoms with Crippen molar-refractivity contribution in [2.24, 2.45) is 5.41 Å². The summed E-state index contributed by atoms with van der Waals surface area (Å²) < 4.78 is 0. The molecule has 0 amide bonds. The summed E-state index contributed by atoms with van der Waals surface area (Å²) in [7, 11) is 0. The van der Waals surface area contributed by atoms with Crippen LogP contribution in [-0.4, -0.2) is 5.88 Å². The minimum Gasteiger partial charge on any atom is -0.126 e. The first-order valence-electron chi connectivity index (χ1n) is 5.05. The fraction of sp³-hybridized carbons (Fsp3) is 0.500. The molecule has 0 N–H and O–H groups in total. The van der Waals surface area contributed by atoms with Crippen LogP contribution in [0.1, 0.15) is 24.8 Å². The fourth-order valence-corrected chi connectivity index (χ4v) is 2.64. The molecule has 1 saturated carbocycles. The number of halogens is 2. The fourth-order valence-electron chi connectivity index (χ4n) is 2.08. The van der Waals surface area contributed by atoms with Gasteiger partial charge in [-0.1, -0.05) is 36.2 Å². The molecule has 1 aliphatic rings. The molecule has 2 heteroatoms. The molecule has 0 spiro atoms. The van der Waals surface area contributed by atoms with Gasteiger partial charge in [0.25, 0.3) is 0 Å². The van der Waals surface area contributed by atoms with Crippen molar-refractivity contribution < 1.29 is 0 Å². The van der Waals surface area contributed by atoms with Gasteiger partial charge < -0.3 is 0 Å². The van der Waals surface area contributed by atoms with Crippen LogP contribution in [0.3, 0.4) is 0 Å². The molecule has 0 atom stereocenters. The summed E-state index contributed by atoms with van der Waals surface area (Å²) in [6.45, 7) is 0. The first kappa shape index (κ1) is 10.3. The maximum absolute atomic E-state index is 6.13. The van der Waals surface area contributed by atoms with Gasteiger partial charge in [-0.2, -0.15) is 0 Å².